The van der Waals surface area contributed by atoms with Crippen molar-refractivity contribution in [3.05, 3.63) is 52.5 Å². The summed E-state index contributed by atoms with van der Waals surface area (Å²) in [4.78, 5) is 14.9. The number of fused-ring (bicyclic) bond motifs is 5. The van der Waals surface area contributed by atoms with Gasteiger partial charge in [0.2, 0.25) is 5.75 Å². The molecule has 2 aliphatic rings. The number of allylic oxidation sites excluding steroid dienone is 1. The van der Waals surface area contributed by atoms with E-state index < -0.39 is 0 Å². The molecule has 1 aromatic heterocycles. The molecule has 0 N–H and O–H groups in total. The van der Waals surface area contributed by atoms with Crippen LogP contribution in [0.15, 0.2) is 35.8 Å². The van der Waals surface area contributed by atoms with E-state index in [-0.39, 0.29) is 17.7 Å². The van der Waals surface area contributed by atoms with Gasteiger partial charge in [-0.15, -0.1) is 6.58 Å². The van der Waals surface area contributed by atoms with Crippen LogP contribution in [0.3, 0.4) is 0 Å². The molecule has 0 bridgehead atoms. The first-order chi connectivity index (χ1) is 13.1. The lowest BCUT2D eigenvalue weighted by molar-refractivity contribution is 0.160. The molecule has 27 heavy (non-hydrogen) atoms. The quantitative estimate of drug-likeness (QED) is 0.771. The van der Waals surface area contributed by atoms with Crippen molar-refractivity contribution in [3.8, 4) is 17.2 Å². The molecule has 1 aromatic carbocycles. The first kappa shape index (κ1) is 17.5. The smallest absolute Gasteiger partial charge is 0.311 e. The topological polar surface area (TPSA) is 65.8 Å². The summed E-state index contributed by atoms with van der Waals surface area (Å²) in [7, 11) is 3.27. The van der Waals surface area contributed by atoms with Gasteiger partial charge in [0.05, 0.1) is 33.0 Å². The number of methoxy groups -OCH3 is 2. The summed E-state index contributed by atoms with van der Waals surface area (Å²) in [6, 6.07) is 4.04. The Balaban J connectivity index is 1.82. The van der Waals surface area contributed by atoms with Gasteiger partial charge in [-0.3, -0.25) is 4.79 Å². The summed E-state index contributed by atoms with van der Waals surface area (Å²) in [6.45, 7) is 6.79. The van der Waals surface area contributed by atoms with E-state index in [1.165, 1.54) is 10.2 Å². The summed E-state index contributed by atoms with van der Waals surface area (Å²) in [6.07, 6.45) is 4.01. The number of rotatable bonds is 4. The normalized spacial score (nSPS) is 20.0. The van der Waals surface area contributed by atoms with E-state index in [1.807, 2.05) is 19.1 Å². The fourth-order valence-electron chi connectivity index (χ4n) is 4.03. The molecular weight excluding hydrogens is 346 g/mol. The molecule has 142 valence electrons. The van der Waals surface area contributed by atoms with Crippen molar-refractivity contribution in [1.82, 2.24) is 9.78 Å². The fraction of sp³-hybridized carbons (Fsp3) is 0.400. The summed E-state index contributed by atoms with van der Waals surface area (Å²) in [5, 5.41) is 4.28. The van der Waals surface area contributed by atoms with Crippen LogP contribution in [0, 0.1) is 0 Å². The molecule has 4 rings (SSSR count). The predicted octanol–water partition coefficient (Wildman–Crippen LogP) is 2.33. The van der Waals surface area contributed by atoms with Gasteiger partial charge >= 0.3 is 5.56 Å². The maximum Gasteiger partial charge on any atom is 0.311 e. The lowest BCUT2D eigenvalue weighted by Gasteiger charge is -2.45. The Hall–Kier alpha value is -2.96. The van der Waals surface area contributed by atoms with Gasteiger partial charge in [0, 0.05) is 6.54 Å². The van der Waals surface area contributed by atoms with Gasteiger partial charge in [-0.05, 0) is 36.6 Å². The third-order valence-electron chi connectivity index (χ3n) is 5.26. The molecule has 3 heterocycles. The minimum Gasteiger partial charge on any atom is -0.493 e. The lowest BCUT2D eigenvalue weighted by Crippen LogP contribution is -2.48. The van der Waals surface area contributed by atoms with E-state index in [4.69, 9.17) is 14.2 Å². The predicted molar refractivity (Wildman–Crippen MR) is 102 cm³/mol. The Morgan fingerprint density at radius 3 is 2.78 bits per heavy atom. The second kappa shape index (κ2) is 6.64. The van der Waals surface area contributed by atoms with Crippen LogP contribution in [-0.2, 0) is 13.0 Å². The Bertz CT molecular complexity index is 953. The maximum absolute atomic E-state index is 12.7. The molecule has 2 aromatic rings. The van der Waals surface area contributed by atoms with E-state index in [9.17, 15) is 4.79 Å². The fourth-order valence-corrected chi connectivity index (χ4v) is 4.03. The van der Waals surface area contributed by atoms with Crippen LogP contribution in [-0.4, -0.2) is 36.6 Å². The van der Waals surface area contributed by atoms with Gasteiger partial charge in [0.1, 0.15) is 11.8 Å². The van der Waals surface area contributed by atoms with Crippen LogP contribution in [0.1, 0.15) is 24.1 Å². The first-order valence-corrected chi connectivity index (χ1v) is 8.98. The second-order valence-corrected chi connectivity index (χ2v) is 6.75. The highest BCUT2D eigenvalue weighted by molar-refractivity contribution is 5.63. The third kappa shape index (κ3) is 2.65. The van der Waals surface area contributed by atoms with Gasteiger partial charge in [-0.25, -0.2) is 4.68 Å². The molecule has 2 aliphatic heterocycles. The minimum absolute atomic E-state index is 0.0162. The zero-order valence-electron chi connectivity index (χ0n) is 15.8. The Morgan fingerprint density at radius 2 is 2.07 bits per heavy atom. The minimum atomic E-state index is -0.226. The number of ether oxygens (including phenoxy) is 3. The number of hydrogen-bond acceptors (Lipinski definition) is 6. The van der Waals surface area contributed by atoms with Crippen molar-refractivity contribution in [1.29, 1.82) is 0 Å². The number of benzene rings is 1. The summed E-state index contributed by atoms with van der Waals surface area (Å²) in [5.74, 6) is 1.78. The van der Waals surface area contributed by atoms with E-state index >= 15 is 0 Å². The summed E-state index contributed by atoms with van der Waals surface area (Å²) >= 11 is 0. The van der Waals surface area contributed by atoms with E-state index in [1.54, 1.807) is 26.5 Å². The van der Waals surface area contributed by atoms with Crippen LogP contribution in [0.5, 0.6) is 17.2 Å². The highest BCUT2D eigenvalue weighted by atomic mass is 16.5. The lowest BCUT2D eigenvalue weighted by atomic mass is 9.88. The largest absolute Gasteiger partial charge is 0.493 e. The summed E-state index contributed by atoms with van der Waals surface area (Å²) < 4.78 is 18.4. The molecular formula is C20H23N3O4. The number of aromatic nitrogens is 2. The third-order valence-corrected chi connectivity index (χ3v) is 5.26. The number of hydrogen-bond donors (Lipinski definition) is 0. The van der Waals surface area contributed by atoms with Crippen molar-refractivity contribution < 1.29 is 14.2 Å². The molecule has 0 fully saturated rings. The van der Waals surface area contributed by atoms with Crippen molar-refractivity contribution in [2.24, 2.45) is 0 Å². The van der Waals surface area contributed by atoms with Gasteiger partial charge in [-0.2, -0.15) is 5.10 Å². The van der Waals surface area contributed by atoms with Crippen LogP contribution in [0.25, 0.3) is 0 Å². The van der Waals surface area contributed by atoms with Crippen molar-refractivity contribution in [3.63, 3.8) is 0 Å². The average molecular weight is 369 g/mol. The monoisotopic (exact) mass is 369 g/mol. The average Bonchev–Trinajstić information content (AvgIpc) is 2.69. The van der Waals surface area contributed by atoms with E-state index in [0.29, 0.717) is 18.0 Å². The molecule has 7 heteroatoms. The van der Waals surface area contributed by atoms with Crippen molar-refractivity contribution in [2.45, 2.75) is 32.0 Å². The highest BCUT2D eigenvalue weighted by Crippen LogP contribution is 2.46. The molecule has 7 nitrogen and oxygen atoms in total. The standard InChI is InChI=1S/C20H23N3O4/c1-5-7-23-20(24)19-15(11-21-23)22-8-6-13-9-16(25-3)17(26-4)10-14(13)18(22)12(2)27-19/h5,9-12,18H,1,6-8H2,2-4H3. The van der Waals surface area contributed by atoms with Crippen LogP contribution >= 0.6 is 0 Å². The van der Waals surface area contributed by atoms with Crippen molar-refractivity contribution >= 4 is 5.69 Å². The molecule has 0 spiro atoms. The Labute approximate surface area is 157 Å². The zero-order chi connectivity index (χ0) is 19.1. The highest BCUT2D eigenvalue weighted by Gasteiger charge is 2.40. The molecule has 0 saturated heterocycles. The van der Waals surface area contributed by atoms with E-state index in [0.717, 1.165) is 30.0 Å². The van der Waals surface area contributed by atoms with Crippen LogP contribution < -0.4 is 24.7 Å². The molecule has 0 saturated carbocycles. The van der Waals surface area contributed by atoms with Crippen molar-refractivity contribution in [2.75, 3.05) is 25.7 Å². The van der Waals surface area contributed by atoms with Gasteiger partial charge in [-0.1, -0.05) is 6.08 Å². The maximum atomic E-state index is 12.7. The molecule has 2 atom stereocenters. The molecule has 0 amide bonds. The van der Waals surface area contributed by atoms with Gasteiger partial charge < -0.3 is 19.1 Å². The van der Waals surface area contributed by atoms with Crippen LogP contribution in [0.4, 0.5) is 5.69 Å². The number of anilines is 1. The van der Waals surface area contributed by atoms with Gasteiger partial charge in [0.25, 0.3) is 0 Å². The SMILES string of the molecule is C=CCn1ncc2c(c1=O)OC(C)C1c3cc(OC)c(OC)cc3CCN21. The number of nitrogens with zero attached hydrogens (tertiary/aromatic N) is 3. The first-order valence-electron chi connectivity index (χ1n) is 8.98. The van der Waals surface area contributed by atoms with Gasteiger partial charge in [0.15, 0.2) is 11.5 Å². The Kier molecular flexibility index (Phi) is 4.30. The second-order valence-electron chi connectivity index (χ2n) is 6.75. The molecule has 0 radical (unpaired) electrons. The molecule has 0 aliphatic carbocycles. The Morgan fingerprint density at radius 1 is 1.33 bits per heavy atom. The van der Waals surface area contributed by atoms with E-state index in [2.05, 4.69) is 16.6 Å². The molecule has 2 unspecified atom stereocenters. The summed E-state index contributed by atoms with van der Waals surface area (Å²) in [5.41, 5.74) is 2.85. The van der Waals surface area contributed by atoms with Crippen LogP contribution in [0.2, 0.25) is 0 Å². The zero-order valence-corrected chi connectivity index (χ0v) is 15.8.